The summed E-state index contributed by atoms with van der Waals surface area (Å²) >= 11 is 0.930. The van der Waals surface area contributed by atoms with Crippen molar-refractivity contribution in [3.8, 4) is 0 Å². The Morgan fingerprint density at radius 2 is 1.82 bits per heavy atom. The van der Waals surface area contributed by atoms with Gasteiger partial charge in [-0.15, -0.1) is 0 Å². The first-order valence-electron chi connectivity index (χ1n) is 5.08. The molecule has 0 spiro atoms. The van der Waals surface area contributed by atoms with Gasteiger partial charge in [0.1, 0.15) is 0 Å². The van der Waals surface area contributed by atoms with E-state index < -0.39 is 0 Å². The second kappa shape index (κ2) is 4.63. The number of hydrogen-bond acceptors (Lipinski definition) is 4. The van der Waals surface area contributed by atoms with Crippen molar-refractivity contribution < 1.29 is 9.59 Å². The van der Waals surface area contributed by atoms with Crippen molar-refractivity contribution in [1.82, 2.24) is 5.32 Å². The van der Waals surface area contributed by atoms with Crippen molar-refractivity contribution >= 4 is 34.7 Å². The molecular formula is C12H12N2O2S. The minimum absolute atomic E-state index is 0.314. The van der Waals surface area contributed by atoms with E-state index in [0.717, 1.165) is 23.0 Å². The Morgan fingerprint density at radius 3 is 2.29 bits per heavy atom. The zero-order chi connectivity index (χ0) is 12.4. The second-order valence-corrected chi connectivity index (χ2v) is 4.85. The number of thioether (sulfide) groups is 1. The van der Waals surface area contributed by atoms with Crippen molar-refractivity contribution in [1.29, 1.82) is 0 Å². The fourth-order valence-electron chi connectivity index (χ4n) is 1.44. The van der Waals surface area contributed by atoms with Crippen molar-refractivity contribution in [2.24, 2.45) is 0 Å². The molecule has 4 nitrogen and oxygen atoms in total. The first-order valence-corrected chi connectivity index (χ1v) is 5.90. The number of benzene rings is 1. The van der Waals surface area contributed by atoms with Crippen molar-refractivity contribution in [2.45, 2.75) is 0 Å². The van der Waals surface area contributed by atoms with E-state index in [2.05, 4.69) is 5.32 Å². The van der Waals surface area contributed by atoms with Crippen LogP contribution in [-0.2, 0) is 4.79 Å². The monoisotopic (exact) mass is 248 g/mol. The van der Waals surface area contributed by atoms with E-state index in [4.69, 9.17) is 0 Å². The van der Waals surface area contributed by atoms with Gasteiger partial charge < -0.3 is 4.90 Å². The van der Waals surface area contributed by atoms with Crippen molar-refractivity contribution in [2.75, 3.05) is 19.0 Å². The van der Waals surface area contributed by atoms with Crippen LogP contribution in [0, 0.1) is 0 Å². The smallest absolute Gasteiger partial charge is 0.290 e. The number of imide groups is 1. The molecule has 0 aromatic heterocycles. The molecule has 88 valence electrons. The number of hydrogen-bond donors (Lipinski definition) is 1. The molecule has 0 aliphatic carbocycles. The lowest BCUT2D eigenvalue weighted by Crippen LogP contribution is -2.17. The summed E-state index contributed by atoms with van der Waals surface area (Å²) in [6, 6.07) is 7.76. The fourth-order valence-corrected chi connectivity index (χ4v) is 2.12. The summed E-state index contributed by atoms with van der Waals surface area (Å²) in [4.78, 5) is 24.8. The predicted octanol–water partition coefficient (Wildman–Crippen LogP) is 2.08. The molecule has 0 radical (unpaired) electrons. The third-order valence-electron chi connectivity index (χ3n) is 2.35. The van der Waals surface area contributed by atoms with Crippen LogP contribution in [0.4, 0.5) is 10.5 Å². The number of carbonyl (C=O) groups is 2. The van der Waals surface area contributed by atoms with Gasteiger partial charge in [0.2, 0.25) is 0 Å². The van der Waals surface area contributed by atoms with E-state index in [9.17, 15) is 9.59 Å². The number of rotatable bonds is 2. The lowest BCUT2D eigenvalue weighted by Gasteiger charge is -2.11. The summed E-state index contributed by atoms with van der Waals surface area (Å²) in [5.41, 5.74) is 2.00. The van der Waals surface area contributed by atoms with Gasteiger partial charge in [-0.2, -0.15) is 0 Å². The SMILES string of the molecule is CN(C)c1ccc(/C=C2\SC(=O)NC2=O)cc1. The molecule has 5 heteroatoms. The molecule has 1 saturated heterocycles. The fraction of sp³-hybridized carbons (Fsp3) is 0.167. The summed E-state index contributed by atoms with van der Waals surface area (Å²) in [7, 11) is 3.93. The van der Waals surface area contributed by atoms with Crippen LogP contribution in [0.2, 0.25) is 0 Å². The zero-order valence-corrected chi connectivity index (χ0v) is 10.4. The maximum Gasteiger partial charge on any atom is 0.290 e. The Balaban J connectivity index is 2.21. The Morgan fingerprint density at radius 1 is 1.18 bits per heavy atom. The van der Waals surface area contributed by atoms with Crippen LogP contribution < -0.4 is 10.2 Å². The van der Waals surface area contributed by atoms with Gasteiger partial charge in [-0.1, -0.05) is 12.1 Å². The van der Waals surface area contributed by atoms with Gasteiger partial charge in [0.15, 0.2) is 0 Å². The van der Waals surface area contributed by atoms with Gasteiger partial charge in [-0.05, 0) is 35.5 Å². The van der Waals surface area contributed by atoms with Gasteiger partial charge in [0.05, 0.1) is 4.91 Å². The highest BCUT2D eigenvalue weighted by Crippen LogP contribution is 2.26. The summed E-state index contributed by atoms with van der Waals surface area (Å²) in [6.45, 7) is 0. The molecule has 2 rings (SSSR count). The Kier molecular flexibility index (Phi) is 3.19. The van der Waals surface area contributed by atoms with Crippen LogP contribution in [-0.4, -0.2) is 25.2 Å². The molecule has 0 atom stereocenters. The molecule has 1 fully saturated rings. The summed E-state index contributed by atoms with van der Waals surface area (Å²) < 4.78 is 0. The molecule has 2 amide bonds. The molecule has 0 saturated carbocycles. The van der Waals surface area contributed by atoms with E-state index in [0.29, 0.717) is 4.91 Å². The van der Waals surface area contributed by atoms with Crippen LogP contribution in [0.3, 0.4) is 0 Å². The van der Waals surface area contributed by atoms with Crippen LogP contribution in [0.5, 0.6) is 0 Å². The third kappa shape index (κ3) is 2.68. The van der Waals surface area contributed by atoms with E-state index in [-0.39, 0.29) is 11.1 Å². The summed E-state index contributed by atoms with van der Waals surface area (Å²) in [5, 5.41) is 1.91. The average Bonchev–Trinajstić information content (AvgIpc) is 2.58. The molecular weight excluding hydrogens is 236 g/mol. The van der Waals surface area contributed by atoms with Crippen molar-refractivity contribution in [3.63, 3.8) is 0 Å². The first kappa shape index (κ1) is 11.7. The van der Waals surface area contributed by atoms with Crippen LogP contribution in [0.15, 0.2) is 29.2 Å². The van der Waals surface area contributed by atoms with Crippen LogP contribution in [0.1, 0.15) is 5.56 Å². The number of anilines is 1. The minimum Gasteiger partial charge on any atom is -0.378 e. The molecule has 1 aromatic rings. The van der Waals surface area contributed by atoms with Gasteiger partial charge in [0.25, 0.3) is 11.1 Å². The number of nitrogens with one attached hydrogen (secondary N) is 1. The highest BCUT2D eigenvalue weighted by atomic mass is 32.2. The Labute approximate surface area is 104 Å². The predicted molar refractivity (Wildman–Crippen MR) is 69.9 cm³/mol. The standard InChI is InChI=1S/C12H12N2O2S/c1-14(2)9-5-3-8(4-6-9)7-10-11(15)13-12(16)17-10/h3-7H,1-2H3,(H,13,15,16)/b10-7-. The Bertz CT molecular complexity index is 492. The van der Waals surface area contributed by atoms with E-state index in [1.165, 1.54) is 0 Å². The molecule has 1 aliphatic rings. The summed E-state index contributed by atoms with van der Waals surface area (Å²) in [5.74, 6) is -0.323. The zero-order valence-electron chi connectivity index (χ0n) is 9.56. The number of nitrogens with zero attached hydrogens (tertiary/aromatic N) is 1. The number of amides is 2. The minimum atomic E-state index is -0.323. The molecule has 1 aliphatic heterocycles. The third-order valence-corrected chi connectivity index (χ3v) is 3.16. The molecule has 1 N–H and O–H groups in total. The molecule has 17 heavy (non-hydrogen) atoms. The topological polar surface area (TPSA) is 49.4 Å². The quantitative estimate of drug-likeness (QED) is 0.814. The highest BCUT2D eigenvalue weighted by molar-refractivity contribution is 8.18. The molecule has 1 aromatic carbocycles. The van der Waals surface area contributed by atoms with Gasteiger partial charge in [-0.25, -0.2) is 0 Å². The van der Waals surface area contributed by atoms with Crippen LogP contribution in [0.25, 0.3) is 6.08 Å². The molecule has 0 unspecified atom stereocenters. The van der Waals surface area contributed by atoms with E-state index >= 15 is 0 Å². The highest BCUT2D eigenvalue weighted by Gasteiger charge is 2.24. The van der Waals surface area contributed by atoms with E-state index in [1.807, 2.05) is 43.3 Å². The van der Waals surface area contributed by atoms with Crippen LogP contribution >= 0.6 is 11.8 Å². The maximum atomic E-state index is 11.3. The molecule has 1 heterocycles. The summed E-state index contributed by atoms with van der Waals surface area (Å²) in [6.07, 6.45) is 1.71. The van der Waals surface area contributed by atoms with E-state index in [1.54, 1.807) is 6.08 Å². The van der Waals surface area contributed by atoms with Gasteiger partial charge in [0, 0.05) is 19.8 Å². The largest absolute Gasteiger partial charge is 0.378 e. The molecule has 0 bridgehead atoms. The average molecular weight is 248 g/mol. The van der Waals surface area contributed by atoms with Crippen molar-refractivity contribution in [3.05, 3.63) is 34.7 Å². The van der Waals surface area contributed by atoms with Gasteiger partial charge >= 0.3 is 0 Å². The lowest BCUT2D eigenvalue weighted by atomic mass is 10.2. The Hall–Kier alpha value is -1.75. The second-order valence-electron chi connectivity index (χ2n) is 3.84. The van der Waals surface area contributed by atoms with Gasteiger partial charge in [-0.3, -0.25) is 14.9 Å². The normalized spacial score (nSPS) is 17.4. The number of carbonyl (C=O) groups excluding carboxylic acids is 2. The lowest BCUT2D eigenvalue weighted by molar-refractivity contribution is -0.115. The first-order chi connectivity index (χ1) is 8.06. The maximum absolute atomic E-state index is 11.3.